The van der Waals surface area contributed by atoms with Gasteiger partial charge in [0.05, 0.1) is 11.2 Å². The first-order chi connectivity index (χ1) is 18.2. The van der Waals surface area contributed by atoms with Gasteiger partial charge in [-0.1, -0.05) is 19.1 Å². The lowest BCUT2D eigenvalue weighted by Gasteiger charge is -2.36. The number of ether oxygens (including phenoxy) is 1. The Morgan fingerprint density at radius 3 is 2.35 bits per heavy atom. The maximum absolute atomic E-state index is 12.4. The molecule has 3 aromatic rings. The van der Waals surface area contributed by atoms with Gasteiger partial charge in [0.25, 0.3) is 0 Å². The maximum Gasteiger partial charge on any atom is 0.225 e. The number of nitrogens with zero attached hydrogens (tertiary/aromatic N) is 6. The summed E-state index contributed by atoms with van der Waals surface area (Å²) >= 11 is 0. The Hall–Kier alpha value is -3.10. The minimum atomic E-state index is 0.297. The minimum absolute atomic E-state index is 0.297. The zero-order valence-corrected chi connectivity index (χ0v) is 21.9. The lowest BCUT2D eigenvalue weighted by molar-refractivity contribution is -0.132. The Morgan fingerprint density at radius 1 is 0.919 bits per heavy atom. The summed E-state index contributed by atoms with van der Waals surface area (Å²) in [6, 6.07) is 12.7. The molecule has 8 heteroatoms. The van der Waals surface area contributed by atoms with Crippen LogP contribution in [0, 0.1) is 5.92 Å². The summed E-state index contributed by atoms with van der Waals surface area (Å²) in [6.45, 7) is 13.0. The van der Waals surface area contributed by atoms with Crippen molar-refractivity contribution in [3.63, 3.8) is 0 Å². The van der Waals surface area contributed by atoms with E-state index in [-0.39, 0.29) is 0 Å². The molecule has 0 radical (unpaired) electrons. The van der Waals surface area contributed by atoms with Gasteiger partial charge in [0.2, 0.25) is 5.91 Å². The predicted octanol–water partition coefficient (Wildman–Crippen LogP) is 3.08. The average molecular weight is 503 g/mol. The van der Waals surface area contributed by atoms with Crippen molar-refractivity contribution >= 4 is 17.1 Å². The van der Waals surface area contributed by atoms with Gasteiger partial charge >= 0.3 is 0 Å². The molecule has 1 aliphatic carbocycles. The number of anilines is 1. The molecule has 1 aromatic carbocycles. The maximum atomic E-state index is 12.4. The quantitative estimate of drug-likeness (QED) is 0.472. The second-order valence-electron chi connectivity index (χ2n) is 10.5. The van der Waals surface area contributed by atoms with E-state index in [0.717, 1.165) is 101 Å². The third kappa shape index (κ3) is 5.45. The van der Waals surface area contributed by atoms with Gasteiger partial charge in [-0.05, 0) is 49.2 Å². The molecular formula is C29H38N6O2. The highest BCUT2D eigenvalue weighted by Crippen LogP contribution is 2.33. The van der Waals surface area contributed by atoms with Gasteiger partial charge < -0.3 is 19.4 Å². The van der Waals surface area contributed by atoms with Crippen LogP contribution in [0.15, 0.2) is 48.8 Å². The number of hydrogen-bond acceptors (Lipinski definition) is 6. The van der Waals surface area contributed by atoms with Crippen LogP contribution in [0.5, 0.6) is 5.75 Å². The number of fused-ring (bicyclic) bond motifs is 1. The first kappa shape index (κ1) is 24.2. The molecule has 37 heavy (non-hydrogen) atoms. The summed E-state index contributed by atoms with van der Waals surface area (Å²) in [7, 11) is 0. The number of amides is 1. The molecule has 2 aliphatic heterocycles. The zero-order chi connectivity index (χ0) is 25.2. The smallest absolute Gasteiger partial charge is 0.225 e. The molecular weight excluding hydrogens is 464 g/mol. The Balaban J connectivity index is 1.07. The molecule has 0 bridgehead atoms. The molecule has 1 saturated carbocycles. The van der Waals surface area contributed by atoms with Crippen LogP contribution in [-0.4, -0.2) is 102 Å². The fraction of sp³-hybridized carbons (Fsp3) is 0.517. The highest BCUT2D eigenvalue weighted by molar-refractivity contribution is 5.82. The molecule has 2 aromatic heterocycles. The largest absolute Gasteiger partial charge is 0.492 e. The molecule has 196 valence electrons. The van der Waals surface area contributed by atoms with Gasteiger partial charge in [0.15, 0.2) is 0 Å². The second kappa shape index (κ2) is 10.7. The molecule has 6 rings (SSSR count). The van der Waals surface area contributed by atoms with E-state index in [1.165, 1.54) is 5.69 Å². The van der Waals surface area contributed by atoms with Crippen molar-refractivity contribution in [2.75, 3.05) is 77.0 Å². The second-order valence-corrected chi connectivity index (χ2v) is 10.5. The molecule has 3 aliphatic rings. The number of carbonyl (C=O) groups is 1. The lowest BCUT2D eigenvalue weighted by Crippen LogP contribution is -2.49. The summed E-state index contributed by atoms with van der Waals surface area (Å²) in [6.07, 6.45) is 6.10. The highest BCUT2D eigenvalue weighted by Gasteiger charge is 2.34. The van der Waals surface area contributed by atoms with Crippen LogP contribution in [0.25, 0.3) is 16.6 Å². The Kier molecular flexibility index (Phi) is 7.02. The standard InChI is InChI=1S/C29H38N6O2/c1-2-31-11-13-32(14-12-31)19-20-37-26-7-5-23(6-8-26)25-21-28-27(9-10-30-35(28)22-25)33-15-17-34(18-16-33)29(36)24-3-4-24/h5-10,21-22,24H,2-4,11-20H2,1H3. The molecule has 0 N–H and O–H groups in total. The van der Waals surface area contributed by atoms with E-state index in [4.69, 9.17) is 4.74 Å². The van der Waals surface area contributed by atoms with Gasteiger partial charge in [-0.3, -0.25) is 9.69 Å². The van der Waals surface area contributed by atoms with E-state index in [2.05, 4.69) is 69.3 Å². The van der Waals surface area contributed by atoms with Crippen molar-refractivity contribution in [2.24, 2.45) is 5.92 Å². The molecule has 1 amide bonds. The van der Waals surface area contributed by atoms with Crippen molar-refractivity contribution in [1.29, 1.82) is 0 Å². The topological polar surface area (TPSA) is 56.6 Å². The van der Waals surface area contributed by atoms with Crippen LogP contribution in [0.4, 0.5) is 5.69 Å². The SMILES string of the molecule is CCN1CCN(CCOc2ccc(-c3cc4c(N5CCN(C(=O)C6CC6)CC5)ccnn4c3)cc2)CC1. The predicted molar refractivity (Wildman–Crippen MR) is 146 cm³/mol. The average Bonchev–Trinajstić information content (AvgIpc) is 3.71. The number of piperazine rings is 2. The first-order valence-electron chi connectivity index (χ1n) is 13.9. The summed E-state index contributed by atoms with van der Waals surface area (Å²) < 4.78 is 8.01. The number of carbonyl (C=O) groups excluding carboxylic acids is 1. The highest BCUT2D eigenvalue weighted by atomic mass is 16.5. The van der Waals surface area contributed by atoms with E-state index in [1.807, 2.05) is 15.6 Å². The molecule has 2 saturated heterocycles. The third-order valence-electron chi connectivity index (χ3n) is 8.12. The van der Waals surface area contributed by atoms with E-state index in [1.54, 1.807) is 0 Å². The van der Waals surface area contributed by atoms with Gasteiger partial charge in [-0.2, -0.15) is 5.10 Å². The molecule has 3 fully saturated rings. The van der Waals surface area contributed by atoms with Crippen molar-refractivity contribution < 1.29 is 9.53 Å². The van der Waals surface area contributed by atoms with Crippen molar-refractivity contribution in [3.8, 4) is 16.9 Å². The number of rotatable bonds is 8. The molecule has 0 unspecified atom stereocenters. The Labute approximate surface area is 219 Å². The van der Waals surface area contributed by atoms with Crippen LogP contribution < -0.4 is 9.64 Å². The monoisotopic (exact) mass is 502 g/mol. The Morgan fingerprint density at radius 2 is 1.65 bits per heavy atom. The molecule has 4 heterocycles. The third-order valence-corrected chi connectivity index (χ3v) is 8.12. The summed E-state index contributed by atoms with van der Waals surface area (Å²) in [5.74, 6) is 1.56. The van der Waals surface area contributed by atoms with Crippen LogP contribution in [-0.2, 0) is 4.79 Å². The first-order valence-corrected chi connectivity index (χ1v) is 13.9. The zero-order valence-electron chi connectivity index (χ0n) is 21.9. The van der Waals surface area contributed by atoms with Gasteiger partial charge in [-0.15, -0.1) is 0 Å². The summed E-state index contributed by atoms with van der Waals surface area (Å²) in [5.41, 5.74) is 4.57. The van der Waals surface area contributed by atoms with Crippen LogP contribution in [0.1, 0.15) is 19.8 Å². The van der Waals surface area contributed by atoms with E-state index >= 15 is 0 Å². The minimum Gasteiger partial charge on any atom is -0.492 e. The molecule has 0 spiro atoms. The number of benzene rings is 1. The van der Waals surface area contributed by atoms with E-state index in [0.29, 0.717) is 18.4 Å². The number of likely N-dealkylation sites (N-methyl/N-ethyl adjacent to an activating group) is 1. The van der Waals surface area contributed by atoms with E-state index < -0.39 is 0 Å². The van der Waals surface area contributed by atoms with Gasteiger partial charge in [0.1, 0.15) is 12.4 Å². The van der Waals surface area contributed by atoms with Crippen molar-refractivity contribution in [1.82, 2.24) is 24.3 Å². The fourth-order valence-electron chi connectivity index (χ4n) is 5.55. The van der Waals surface area contributed by atoms with Gasteiger partial charge in [-0.25, -0.2) is 4.52 Å². The summed E-state index contributed by atoms with van der Waals surface area (Å²) in [5, 5.41) is 4.56. The molecule has 8 nitrogen and oxygen atoms in total. The Bertz CT molecular complexity index is 1200. The van der Waals surface area contributed by atoms with Crippen LogP contribution in [0.2, 0.25) is 0 Å². The number of aromatic nitrogens is 2. The molecule has 0 atom stereocenters. The van der Waals surface area contributed by atoms with Crippen LogP contribution in [0.3, 0.4) is 0 Å². The van der Waals surface area contributed by atoms with Crippen LogP contribution >= 0.6 is 0 Å². The normalized spacial score (nSPS) is 19.5. The summed E-state index contributed by atoms with van der Waals surface area (Å²) in [4.78, 5) is 21.9. The fourth-order valence-corrected chi connectivity index (χ4v) is 5.55. The van der Waals surface area contributed by atoms with Gasteiger partial charge in [0, 0.05) is 82.8 Å². The lowest BCUT2D eigenvalue weighted by atomic mass is 10.1. The van der Waals surface area contributed by atoms with Crippen molar-refractivity contribution in [3.05, 3.63) is 48.8 Å². The van der Waals surface area contributed by atoms with Crippen molar-refractivity contribution in [2.45, 2.75) is 19.8 Å². The van der Waals surface area contributed by atoms with E-state index in [9.17, 15) is 4.79 Å². The number of hydrogen-bond donors (Lipinski definition) is 0.